The normalized spacial score (nSPS) is 28.1. The molecular formula is C20H28ClN7O4S. The van der Waals surface area contributed by atoms with Gasteiger partial charge in [0.2, 0.25) is 16.0 Å². The molecule has 0 spiro atoms. The molecule has 0 aliphatic carbocycles. The Morgan fingerprint density at radius 3 is 2.70 bits per heavy atom. The third kappa shape index (κ3) is 4.94. The van der Waals surface area contributed by atoms with Crippen molar-refractivity contribution in [3.8, 4) is 0 Å². The summed E-state index contributed by atoms with van der Waals surface area (Å²) in [6, 6.07) is -0.198. The SMILES string of the molecule is Cn1cc(Nc2ncc(Cl)c(NC3COC4C(CS(=O)(=O)N5CCCCC5)COC34)n2)cn1. The van der Waals surface area contributed by atoms with Gasteiger partial charge in [0.05, 0.1) is 49.2 Å². The van der Waals surface area contributed by atoms with Crippen LogP contribution in [0.25, 0.3) is 0 Å². The van der Waals surface area contributed by atoms with Crippen LogP contribution in [-0.4, -0.2) is 82.8 Å². The highest BCUT2D eigenvalue weighted by Gasteiger charge is 2.49. The maximum Gasteiger partial charge on any atom is 0.229 e. The number of fused-ring (bicyclic) bond motifs is 1. The number of anilines is 3. The van der Waals surface area contributed by atoms with E-state index in [-0.39, 0.29) is 29.9 Å². The Labute approximate surface area is 197 Å². The average molecular weight is 498 g/mol. The van der Waals surface area contributed by atoms with Crippen molar-refractivity contribution in [3.63, 3.8) is 0 Å². The van der Waals surface area contributed by atoms with Crippen LogP contribution < -0.4 is 10.6 Å². The van der Waals surface area contributed by atoms with Gasteiger partial charge >= 0.3 is 0 Å². The lowest BCUT2D eigenvalue weighted by atomic mass is 10.0. The molecule has 5 rings (SSSR count). The van der Waals surface area contributed by atoms with Gasteiger partial charge in [-0.25, -0.2) is 17.7 Å². The molecule has 2 N–H and O–H groups in total. The fourth-order valence-corrected chi connectivity index (χ4v) is 6.68. The number of sulfonamides is 1. The number of aryl methyl sites for hydroxylation is 1. The molecule has 0 bridgehead atoms. The molecule has 3 fully saturated rings. The molecule has 0 radical (unpaired) electrons. The first kappa shape index (κ1) is 22.8. The van der Waals surface area contributed by atoms with E-state index >= 15 is 0 Å². The van der Waals surface area contributed by atoms with E-state index < -0.39 is 10.0 Å². The van der Waals surface area contributed by atoms with Gasteiger partial charge in [-0.05, 0) is 12.8 Å². The van der Waals surface area contributed by atoms with Gasteiger partial charge in [0.25, 0.3) is 0 Å². The van der Waals surface area contributed by atoms with Crippen molar-refractivity contribution >= 4 is 39.1 Å². The number of piperidine rings is 1. The predicted octanol–water partition coefficient (Wildman–Crippen LogP) is 1.62. The molecule has 11 nitrogen and oxygen atoms in total. The van der Waals surface area contributed by atoms with Gasteiger partial charge < -0.3 is 20.1 Å². The summed E-state index contributed by atoms with van der Waals surface area (Å²) in [6.07, 6.45) is 7.38. The second-order valence-corrected chi connectivity index (χ2v) is 11.2. The monoisotopic (exact) mass is 497 g/mol. The molecule has 13 heteroatoms. The van der Waals surface area contributed by atoms with Crippen LogP contribution in [0.4, 0.5) is 17.5 Å². The number of hydrogen-bond donors (Lipinski definition) is 2. The highest BCUT2D eigenvalue weighted by Crippen LogP contribution is 2.35. The minimum absolute atomic E-state index is 0.0499. The molecule has 3 saturated heterocycles. The van der Waals surface area contributed by atoms with E-state index in [2.05, 4.69) is 25.7 Å². The van der Waals surface area contributed by atoms with Crippen molar-refractivity contribution in [1.82, 2.24) is 24.1 Å². The first-order valence-corrected chi connectivity index (χ1v) is 13.1. The maximum atomic E-state index is 12.9. The van der Waals surface area contributed by atoms with Gasteiger partial charge in [0.1, 0.15) is 11.1 Å². The summed E-state index contributed by atoms with van der Waals surface area (Å²) in [5.41, 5.74) is 0.756. The maximum absolute atomic E-state index is 12.9. The van der Waals surface area contributed by atoms with Crippen molar-refractivity contribution in [2.45, 2.75) is 37.5 Å². The summed E-state index contributed by atoms with van der Waals surface area (Å²) >= 11 is 6.33. The van der Waals surface area contributed by atoms with Crippen molar-refractivity contribution in [1.29, 1.82) is 0 Å². The van der Waals surface area contributed by atoms with Gasteiger partial charge in [-0.2, -0.15) is 10.1 Å². The Bertz CT molecular complexity index is 1090. The van der Waals surface area contributed by atoms with E-state index in [1.165, 1.54) is 6.20 Å². The van der Waals surface area contributed by atoms with E-state index in [0.717, 1.165) is 24.9 Å². The average Bonchev–Trinajstić information content (AvgIpc) is 3.50. The minimum Gasteiger partial charge on any atom is -0.373 e. The Morgan fingerprint density at radius 2 is 1.94 bits per heavy atom. The standard InChI is InChI=1S/C20H28ClN7O4S/c1-27-9-14(7-23-27)24-20-22-8-15(21)19(26-20)25-16-11-32-17-13(10-31-18(16)17)12-33(29,30)28-5-3-2-4-6-28/h7-9,13,16-18H,2-6,10-12H2,1H3,(H2,22,24,25,26). The zero-order chi connectivity index (χ0) is 23.0. The van der Waals surface area contributed by atoms with Crippen LogP contribution in [0.3, 0.4) is 0 Å². The molecule has 4 unspecified atom stereocenters. The number of rotatable bonds is 7. The molecule has 3 aliphatic rings. The van der Waals surface area contributed by atoms with Gasteiger partial charge in [0, 0.05) is 32.3 Å². The molecule has 0 aromatic carbocycles. The molecule has 2 aromatic rings. The van der Waals surface area contributed by atoms with E-state index in [1.54, 1.807) is 15.2 Å². The first-order chi connectivity index (χ1) is 15.9. The zero-order valence-electron chi connectivity index (χ0n) is 18.4. The quantitative estimate of drug-likeness (QED) is 0.587. The van der Waals surface area contributed by atoms with Crippen molar-refractivity contribution in [2.24, 2.45) is 13.0 Å². The number of nitrogens with zero attached hydrogens (tertiary/aromatic N) is 5. The third-order valence-corrected chi connectivity index (χ3v) is 8.59. The lowest BCUT2D eigenvalue weighted by Gasteiger charge is -2.27. The molecular weight excluding hydrogens is 470 g/mol. The fraction of sp³-hybridized carbons (Fsp3) is 0.650. The summed E-state index contributed by atoms with van der Waals surface area (Å²) in [4.78, 5) is 8.69. The molecule has 33 heavy (non-hydrogen) atoms. The molecule has 180 valence electrons. The van der Waals surface area contributed by atoms with Crippen LogP contribution >= 0.6 is 11.6 Å². The number of ether oxygens (including phenoxy) is 2. The summed E-state index contributed by atoms with van der Waals surface area (Å²) in [6.45, 7) is 1.94. The number of aromatic nitrogens is 4. The summed E-state index contributed by atoms with van der Waals surface area (Å²) in [5.74, 6) is 0.690. The Balaban J connectivity index is 1.23. The molecule has 0 saturated carbocycles. The van der Waals surface area contributed by atoms with Crippen LogP contribution in [0.1, 0.15) is 19.3 Å². The number of nitrogens with one attached hydrogen (secondary N) is 2. The van der Waals surface area contributed by atoms with Crippen LogP contribution in [0, 0.1) is 5.92 Å². The van der Waals surface area contributed by atoms with Gasteiger partial charge in [-0.15, -0.1) is 0 Å². The number of halogens is 1. The fourth-order valence-electron chi connectivity index (χ4n) is 4.68. The van der Waals surface area contributed by atoms with Crippen LogP contribution in [-0.2, 0) is 26.5 Å². The smallest absolute Gasteiger partial charge is 0.229 e. The summed E-state index contributed by atoms with van der Waals surface area (Å²) < 4.78 is 41.1. The topological polar surface area (TPSA) is 124 Å². The van der Waals surface area contributed by atoms with Gasteiger partial charge in [-0.1, -0.05) is 18.0 Å². The van der Waals surface area contributed by atoms with Gasteiger partial charge in [0.15, 0.2) is 5.82 Å². The second-order valence-electron chi connectivity index (χ2n) is 8.76. The largest absolute Gasteiger partial charge is 0.373 e. The molecule has 5 heterocycles. The summed E-state index contributed by atoms with van der Waals surface area (Å²) in [7, 11) is -1.50. The van der Waals surface area contributed by atoms with Crippen LogP contribution in [0.2, 0.25) is 5.02 Å². The minimum atomic E-state index is -3.33. The van der Waals surface area contributed by atoms with E-state index in [1.807, 2.05) is 13.2 Å². The van der Waals surface area contributed by atoms with E-state index in [9.17, 15) is 8.42 Å². The summed E-state index contributed by atoms with van der Waals surface area (Å²) in [5, 5.41) is 10.9. The predicted molar refractivity (Wildman–Crippen MR) is 123 cm³/mol. The number of hydrogen-bond acceptors (Lipinski definition) is 9. The Hall–Kier alpha value is -1.99. The molecule has 0 amide bonds. The zero-order valence-corrected chi connectivity index (χ0v) is 19.9. The highest BCUT2D eigenvalue weighted by molar-refractivity contribution is 7.89. The van der Waals surface area contributed by atoms with Crippen LogP contribution in [0.5, 0.6) is 0 Å². The van der Waals surface area contributed by atoms with Crippen molar-refractivity contribution in [3.05, 3.63) is 23.6 Å². The second kappa shape index (κ2) is 9.34. The van der Waals surface area contributed by atoms with Gasteiger partial charge in [-0.3, -0.25) is 4.68 Å². The van der Waals surface area contributed by atoms with Crippen molar-refractivity contribution < 1.29 is 17.9 Å². The first-order valence-electron chi connectivity index (χ1n) is 11.1. The van der Waals surface area contributed by atoms with E-state index in [4.69, 9.17) is 21.1 Å². The lowest BCUT2D eigenvalue weighted by molar-refractivity contribution is 0.0655. The molecule has 4 atom stereocenters. The molecule has 3 aliphatic heterocycles. The Kier molecular flexibility index (Phi) is 6.45. The lowest BCUT2D eigenvalue weighted by Crippen LogP contribution is -2.41. The third-order valence-electron chi connectivity index (χ3n) is 6.32. The van der Waals surface area contributed by atoms with Crippen molar-refractivity contribution in [2.75, 3.05) is 42.7 Å². The highest BCUT2D eigenvalue weighted by atomic mass is 35.5. The van der Waals surface area contributed by atoms with Crippen LogP contribution in [0.15, 0.2) is 18.6 Å². The Morgan fingerprint density at radius 1 is 1.15 bits per heavy atom. The molecule has 2 aromatic heterocycles. The van der Waals surface area contributed by atoms with E-state index in [0.29, 0.717) is 43.1 Å².